The lowest BCUT2D eigenvalue weighted by atomic mass is 10.0. The fourth-order valence-electron chi connectivity index (χ4n) is 2.10. The van der Waals surface area contributed by atoms with Gasteiger partial charge in [0, 0.05) is 11.1 Å². The molecule has 0 bridgehead atoms. The summed E-state index contributed by atoms with van der Waals surface area (Å²) in [6, 6.07) is 7.08. The highest BCUT2D eigenvalue weighted by molar-refractivity contribution is 6.00. The predicted molar refractivity (Wildman–Crippen MR) is 92.8 cm³/mol. The van der Waals surface area contributed by atoms with Crippen molar-refractivity contribution in [2.24, 2.45) is 11.1 Å². The lowest BCUT2D eigenvalue weighted by Crippen LogP contribution is -2.11. The zero-order valence-electron chi connectivity index (χ0n) is 14.9. The molecule has 8 nitrogen and oxygen atoms in total. The van der Waals surface area contributed by atoms with Crippen LogP contribution in [-0.2, 0) is 28.7 Å². The number of nitrogens with two attached hydrogens (primary N) is 1. The molecule has 0 unspecified atom stereocenters. The highest BCUT2D eigenvalue weighted by atomic mass is 16.6. The molecule has 0 fully saturated rings. The van der Waals surface area contributed by atoms with E-state index in [9.17, 15) is 4.79 Å². The summed E-state index contributed by atoms with van der Waals surface area (Å²) in [7, 11) is 5.56. The molecule has 0 saturated carbocycles. The average Bonchev–Trinajstić information content (AvgIpc) is 2.64. The van der Waals surface area contributed by atoms with E-state index in [0.29, 0.717) is 16.7 Å². The van der Waals surface area contributed by atoms with E-state index in [1.165, 1.54) is 34.5 Å². The summed E-state index contributed by atoms with van der Waals surface area (Å²) < 4.78 is 15.1. The SMILES string of the molecule is CO/N=C(OC)\C(C)=C(/ON)c1ccccc1/C(=C\C(=O)OC)OC. The van der Waals surface area contributed by atoms with Crippen molar-refractivity contribution in [1.29, 1.82) is 0 Å². The van der Waals surface area contributed by atoms with Gasteiger partial charge in [0.15, 0.2) is 5.76 Å². The molecule has 0 spiro atoms. The number of nitrogens with zero attached hydrogens (tertiary/aromatic N) is 1. The van der Waals surface area contributed by atoms with E-state index in [1.807, 2.05) is 0 Å². The molecular formula is C17H22N2O6. The Kier molecular flexibility index (Phi) is 8.01. The Morgan fingerprint density at radius 1 is 1.04 bits per heavy atom. The second kappa shape index (κ2) is 9.99. The lowest BCUT2D eigenvalue weighted by molar-refractivity contribution is -0.134. The Morgan fingerprint density at radius 3 is 2.16 bits per heavy atom. The van der Waals surface area contributed by atoms with Crippen molar-refractivity contribution in [3.8, 4) is 0 Å². The van der Waals surface area contributed by atoms with Crippen LogP contribution in [0.1, 0.15) is 18.1 Å². The topological polar surface area (TPSA) is 102 Å². The first-order chi connectivity index (χ1) is 12.0. The molecule has 0 radical (unpaired) electrons. The average molecular weight is 350 g/mol. The zero-order chi connectivity index (χ0) is 18.8. The Bertz CT molecular complexity index is 694. The maximum atomic E-state index is 11.6. The molecule has 0 aliphatic carbocycles. The third kappa shape index (κ3) is 4.98. The number of hydrogen-bond acceptors (Lipinski definition) is 8. The Balaban J connectivity index is 3.59. The third-order valence-corrected chi connectivity index (χ3v) is 3.25. The van der Waals surface area contributed by atoms with E-state index >= 15 is 0 Å². The smallest absolute Gasteiger partial charge is 0.334 e. The van der Waals surface area contributed by atoms with Gasteiger partial charge in [0.2, 0.25) is 0 Å². The maximum Gasteiger partial charge on any atom is 0.334 e. The van der Waals surface area contributed by atoms with Gasteiger partial charge in [0.05, 0.1) is 33.0 Å². The molecule has 0 heterocycles. The van der Waals surface area contributed by atoms with Gasteiger partial charge in [-0.05, 0) is 12.1 Å². The second-order valence-corrected chi connectivity index (χ2v) is 4.64. The van der Waals surface area contributed by atoms with E-state index in [4.69, 9.17) is 25.0 Å². The van der Waals surface area contributed by atoms with Crippen LogP contribution in [0.15, 0.2) is 41.1 Å². The van der Waals surface area contributed by atoms with E-state index in [0.717, 1.165) is 0 Å². The van der Waals surface area contributed by atoms with Crippen LogP contribution in [0.25, 0.3) is 11.5 Å². The standard InChI is InChI=1S/C17H22N2O6/c1-11(17(23-4)19-24-5)16(25-18)13-9-7-6-8-12(13)14(21-2)10-15(20)22-3/h6-10H,18H2,1-5H3/b14-10+,16-11-,19-17+. The molecule has 0 amide bonds. The van der Waals surface area contributed by atoms with Gasteiger partial charge in [0.25, 0.3) is 5.90 Å². The summed E-state index contributed by atoms with van der Waals surface area (Å²) in [4.78, 5) is 21.4. The van der Waals surface area contributed by atoms with E-state index in [2.05, 4.69) is 9.89 Å². The van der Waals surface area contributed by atoms with Crippen molar-refractivity contribution in [2.45, 2.75) is 6.92 Å². The van der Waals surface area contributed by atoms with E-state index in [-0.39, 0.29) is 17.4 Å². The largest absolute Gasteiger partial charge is 0.496 e. The summed E-state index contributed by atoms with van der Waals surface area (Å²) >= 11 is 0. The van der Waals surface area contributed by atoms with Crippen LogP contribution in [0.5, 0.6) is 0 Å². The number of ether oxygens (including phenoxy) is 3. The van der Waals surface area contributed by atoms with E-state index in [1.54, 1.807) is 31.2 Å². The summed E-state index contributed by atoms with van der Waals surface area (Å²) in [5, 5.41) is 3.77. The highest BCUT2D eigenvalue weighted by Gasteiger charge is 2.19. The molecule has 8 heteroatoms. The Morgan fingerprint density at radius 2 is 1.68 bits per heavy atom. The number of carbonyl (C=O) groups excluding carboxylic acids is 1. The van der Waals surface area contributed by atoms with Gasteiger partial charge in [-0.1, -0.05) is 24.3 Å². The van der Waals surface area contributed by atoms with Crippen molar-refractivity contribution >= 4 is 23.4 Å². The third-order valence-electron chi connectivity index (χ3n) is 3.25. The molecule has 1 rings (SSSR count). The second-order valence-electron chi connectivity index (χ2n) is 4.64. The van der Waals surface area contributed by atoms with E-state index < -0.39 is 5.97 Å². The summed E-state index contributed by atoms with van der Waals surface area (Å²) in [5.74, 6) is 5.67. The van der Waals surface area contributed by atoms with Gasteiger partial charge in [-0.15, -0.1) is 0 Å². The summed E-state index contributed by atoms with van der Waals surface area (Å²) in [5.41, 5.74) is 1.64. The number of rotatable bonds is 7. The molecule has 2 N–H and O–H groups in total. The van der Waals surface area contributed by atoms with Crippen LogP contribution in [0.2, 0.25) is 0 Å². The quantitative estimate of drug-likeness (QED) is 0.201. The molecule has 0 aliphatic rings. The van der Waals surface area contributed by atoms with Gasteiger partial charge >= 0.3 is 5.97 Å². The van der Waals surface area contributed by atoms with Crippen molar-refractivity contribution in [3.63, 3.8) is 0 Å². The van der Waals surface area contributed by atoms with Gasteiger partial charge in [-0.2, -0.15) is 5.90 Å². The van der Waals surface area contributed by atoms with Crippen LogP contribution in [0.3, 0.4) is 0 Å². The zero-order valence-corrected chi connectivity index (χ0v) is 14.9. The number of carbonyl (C=O) groups is 1. The number of oxime groups is 1. The normalized spacial score (nSPS) is 12.9. The van der Waals surface area contributed by atoms with Crippen LogP contribution < -0.4 is 5.90 Å². The van der Waals surface area contributed by atoms with Crippen molar-refractivity contribution < 1.29 is 28.7 Å². The predicted octanol–water partition coefficient (Wildman–Crippen LogP) is 2.07. The monoisotopic (exact) mass is 350 g/mol. The molecule has 0 saturated heterocycles. The van der Waals surface area contributed by atoms with Gasteiger partial charge in [0.1, 0.15) is 12.9 Å². The molecule has 0 atom stereocenters. The Hall–Kier alpha value is -3.00. The summed E-state index contributed by atoms with van der Waals surface area (Å²) in [6.45, 7) is 1.71. The number of esters is 1. The molecule has 25 heavy (non-hydrogen) atoms. The van der Waals surface area contributed by atoms with Crippen molar-refractivity contribution in [3.05, 3.63) is 47.0 Å². The minimum absolute atomic E-state index is 0.189. The fourth-order valence-corrected chi connectivity index (χ4v) is 2.10. The lowest BCUT2D eigenvalue weighted by Gasteiger charge is -2.16. The molecule has 0 aromatic heterocycles. The highest BCUT2D eigenvalue weighted by Crippen LogP contribution is 2.28. The van der Waals surface area contributed by atoms with Gasteiger partial charge < -0.3 is 23.9 Å². The molecular weight excluding hydrogens is 328 g/mol. The maximum absolute atomic E-state index is 11.6. The molecule has 136 valence electrons. The first kappa shape index (κ1) is 20.0. The Labute approximate surface area is 146 Å². The first-order valence-corrected chi connectivity index (χ1v) is 7.20. The van der Waals surface area contributed by atoms with Crippen LogP contribution in [0, 0.1) is 0 Å². The number of methoxy groups -OCH3 is 3. The minimum Gasteiger partial charge on any atom is -0.496 e. The van der Waals surface area contributed by atoms with Crippen LogP contribution in [-0.4, -0.2) is 40.3 Å². The molecule has 1 aromatic carbocycles. The number of benzene rings is 1. The van der Waals surface area contributed by atoms with Crippen LogP contribution >= 0.6 is 0 Å². The van der Waals surface area contributed by atoms with Crippen molar-refractivity contribution in [1.82, 2.24) is 0 Å². The van der Waals surface area contributed by atoms with Gasteiger partial charge in [-0.3, -0.25) is 0 Å². The first-order valence-electron chi connectivity index (χ1n) is 7.20. The molecule has 1 aromatic rings. The van der Waals surface area contributed by atoms with Gasteiger partial charge in [-0.25, -0.2) is 4.79 Å². The fraction of sp³-hybridized carbons (Fsp3) is 0.294. The van der Waals surface area contributed by atoms with Crippen LogP contribution in [0.4, 0.5) is 0 Å². The summed E-state index contributed by atoms with van der Waals surface area (Å²) in [6.07, 6.45) is 1.22. The number of hydrogen-bond donors (Lipinski definition) is 1. The minimum atomic E-state index is -0.555. The van der Waals surface area contributed by atoms with Crippen molar-refractivity contribution in [2.75, 3.05) is 28.4 Å². The molecule has 0 aliphatic heterocycles.